The van der Waals surface area contributed by atoms with Crippen molar-refractivity contribution < 1.29 is 0 Å². The molecular weight excluding hydrogens is 286 g/mol. The molecule has 20 heavy (non-hydrogen) atoms. The molecule has 4 rings (SSSR count). The van der Waals surface area contributed by atoms with Gasteiger partial charge in [-0.3, -0.25) is 0 Å². The van der Waals surface area contributed by atoms with E-state index in [1.165, 1.54) is 21.6 Å². The first-order chi connectivity index (χ1) is 9.72. The molecule has 0 saturated heterocycles. The van der Waals surface area contributed by atoms with E-state index >= 15 is 0 Å². The molecular formula is C17H12ClNS. The van der Waals surface area contributed by atoms with Gasteiger partial charge in [-0.2, -0.15) is 0 Å². The maximum absolute atomic E-state index is 6.14. The van der Waals surface area contributed by atoms with Gasteiger partial charge in [-0.25, -0.2) is 4.98 Å². The van der Waals surface area contributed by atoms with Crippen molar-refractivity contribution in [2.24, 2.45) is 0 Å². The lowest BCUT2D eigenvalue weighted by Gasteiger charge is -2.09. The third kappa shape index (κ3) is 1.80. The fourth-order valence-corrected chi connectivity index (χ4v) is 4.04. The van der Waals surface area contributed by atoms with E-state index in [9.17, 15) is 0 Å². The first-order valence-corrected chi connectivity index (χ1v) is 7.76. The molecule has 1 aliphatic rings. The van der Waals surface area contributed by atoms with Crippen molar-refractivity contribution in [2.45, 2.75) is 13.3 Å². The number of hydrogen-bond acceptors (Lipinski definition) is 2. The van der Waals surface area contributed by atoms with Gasteiger partial charge in [-0.15, -0.1) is 11.3 Å². The van der Waals surface area contributed by atoms with Crippen molar-refractivity contribution in [1.82, 2.24) is 4.98 Å². The van der Waals surface area contributed by atoms with Crippen molar-refractivity contribution >= 4 is 22.9 Å². The number of fused-ring (bicyclic) bond motifs is 3. The number of nitrogens with zero attached hydrogens (tertiary/aromatic N) is 1. The molecule has 0 amide bonds. The van der Waals surface area contributed by atoms with Gasteiger partial charge in [0.2, 0.25) is 0 Å². The van der Waals surface area contributed by atoms with Crippen LogP contribution in [-0.4, -0.2) is 4.98 Å². The lowest BCUT2D eigenvalue weighted by atomic mass is 9.96. The molecule has 0 atom stereocenters. The van der Waals surface area contributed by atoms with Crippen molar-refractivity contribution in [3.63, 3.8) is 0 Å². The summed E-state index contributed by atoms with van der Waals surface area (Å²) in [7, 11) is 0. The van der Waals surface area contributed by atoms with Gasteiger partial charge < -0.3 is 0 Å². The maximum atomic E-state index is 6.14. The van der Waals surface area contributed by atoms with Crippen molar-refractivity contribution in [2.75, 3.05) is 0 Å². The lowest BCUT2D eigenvalue weighted by molar-refractivity contribution is 1.29. The summed E-state index contributed by atoms with van der Waals surface area (Å²) in [5.74, 6) is 0. The minimum absolute atomic E-state index is 0.771. The number of thiazole rings is 1. The predicted molar refractivity (Wildman–Crippen MR) is 85.5 cm³/mol. The van der Waals surface area contributed by atoms with E-state index in [0.29, 0.717) is 0 Å². The second-order valence-corrected chi connectivity index (χ2v) is 6.76. The summed E-state index contributed by atoms with van der Waals surface area (Å²) < 4.78 is 0. The molecule has 3 heteroatoms. The summed E-state index contributed by atoms with van der Waals surface area (Å²) >= 11 is 7.94. The standard InChI is InChI=1S/C17H12ClNS/c1-10-19-17-15(20-10)9-12-5-3-7-14(16(12)17)11-4-2-6-13(18)8-11/h2-8H,9H2,1H3. The van der Waals surface area contributed by atoms with Gasteiger partial charge in [-0.1, -0.05) is 41.9 Å². The highest BCUT2D eigenvalue weighted by Gasteiger charge is 2.25. The summed E-state index contributed by atoms with van der Waals surface area (Å²) in [5, 5.41) is 1.91. The van der Waals surface area contributed by atoms with Crippen LogP contribution in [0.5, 0.6) is 0 Å². The van der Waals surface area contributed by atoms with Gasteiger partial charge in [0.05, 0.1) is 10.7 Å². The monoisotopic (exact) mass is 297 g/mol. The van der Waals surface area contributed by atoms with Crippen LogP contribution in [0, 0.1) is 6.92 Å². The molecule has 3 aromatic rings. The number of rotatable bonds is 1. The van der Waals surface area contributed by atoms with Gasteiger partial charge in [0.25, 0.3) is 0 Å². The average Bonchev–Trinajstić information content (AvgIpc) is 2.94. The molecule has 98 valence electrons. The molecule has 0 fully saturated rings. The van der Waals surface area contributed by atoms with E-state index < -0.39 is 0 Å². The Kier molecular flexibility index (Phi) is 2.69. The smallest absolute Gasteiger partial charge is 0.0904 e. The van der Waals surface area contributed by atoms with Crippen LogP contribution in [0.4, 0.5) is 0 Å². The second-order valence-electron chi connectivity index (χ2n) is 5.03. The fraction of sp³-hybridized carbons (Fsp3) is 0.118. The highest BCUT2D eigenvalue weighted by molar-refractivity contribution is 7.12. The number of aryl methyl sites for hydroxylation is 1. The molecule has 0 saturated carbocycles. The van der Waals surface area contributed by atoms with E-state index in [1.54, 1.807) is 11.3 Å². The average molecular weight is 298 g/mol. The van der Waals surface area contributed by atoms with Crippen LogP contribution in [0.2, 0.25) is 5.02 Å². The zero-order valence-corrected chi connectivity index (χ0v) is 12.6. The highest BCUT2D eigenvalue weighted by Crippen LogP contribution is 2.44. The zero-order valence-electron chi connectivity index (χ0n) is 11.0. The molecule has 0 aliphatic heterocycles. The van der Waals surface area contributed by atoms with Gasteiger partial charge in [0.15, 0.2) is 0 Å². The molecule has 0 spiro atoms. The summed E-state index contributed by atoms with van der Waals surface area (Å²) in [6, 6.07) is 14.5. The largest absolute Gasteiger partial charge is 0.241 e. The number of hydrogen-bond donors (Lipinski definition) is 0. The van der Waals surface area contributed by atoms with Crippen molar-refractivity contribution in [3.05, 3.63) is 62.9 Å². The summed E-state index contributed by atoms with van der Waals surface area (Å²) in [6.45, 7) is 2.07. The van der Waals surface area contributed by atoms with Gasteiger partial charge in [0, 0.05) is 21.9 Å². The topological polar surface area (TPSA) is 12.9 Å². The number of aromatic nitrogens is 1. The highest BCUT2D eigenvalue weighted by atomic mass is 35.5. The van der Waals surface area contributed by atoms with E-state index in [4.69, 9.17) is 16.6 Å². The Balaban J connectivity index is 1.99. The number of halogens is 1. The summed E-state index contributed by atoms with van der Waals surface area (Å²) in [6.07, 6.45) is 1.00. The summed E-state index contributed by atoms with van der Waals surface area (Å²) in [5.41, 5.74) is 6.21. The zero-order chi connectivity index (χ0) is 13.7. The molecule has 0 bridgehead atoms. The SMILES string of the molecule is Cc1nc2c(s1)Cc1cccc(-c3cccc(Cl)c3)c1-2. The van der Waals surface area contributed by atoms with E-state index in [-0.39, 0.29) is 0 Å². The summed E-state index contributed by atoms with van der Waals surface area (Å²) in [4.78, 5) is 6.11. The number of benzene rings is 2. The Morgan fingerprint density at radius 1 is 1.15 bits per heavy atom. The molecule has 2 aromatic carbocycles. The second kappa shape index (κ2) is 4.44. The molecule has 1 heterocycles. The van der Waals surface area contributed by atoms with Crippen LogP contribution in [-0.2, 0) is 6.42 Å². The van der Waals surface area contributed by atoms with Gasteiger partial charge in [0.1, 0.15) is 0 Å². The third-order valence-electron chi connectivity index (χ3n) is 3.68. The van der Waals surface area contributed by atoms with Crippen LogP contribution in [0.1, 0.15) is 15.4 Å². The quantitative estimate of drug-likeness (QED) is 0.462. The van der Waals surface area contributed by atoms with Crippen LogP contribution in [0.15, 0.2) is 42.5 Å². The third-order valence-corrected chi connectivity index (χ3v) is 4.88. The Morgan fingerprint density at radius 3 is 2.85 bits per heavy atom. The minimum atomic E-state index is 0.771. The maximum Gasteiger partial charge on any atom is 0.0904 e. The Bertz CT molecular complexity index is 820. The van der Waals surface area contributed by atoms with Crippen LogP contribution in [0.25, 0.3) is 22.4 Å². The fourth-order valence-electron chi connectivity index (χ4n) is 2.88. The van der Waals surface area contributed by atoms with Crippen molar-refractivity contribution in [1.29, 1.82) is 0 Å². The van der Waals surface area contributed by atoms with Crippen LogP contribution >= 0.6 is 22.9 Å². The van der Waals surface area contributed by atoms with Gasteiger partial charge in [-0.05, 0) is 35.7 Å². The molecule has 1 aromatic heterocycles. The Hall–Kier alpha value is -1.64. The molecule has 0 unspecified atom stereocenters. The van der Waals surface area contributed by atoms with Gasteiger partial charge >= 0.3 is 0 Å². The van der Waals surface area contributed by atoms with Crippen LogP contribution < -0.4 is 0 Å². The van der Waals surface area contributed by atoms with Crippen LogP contribution in [0.3, 0.4) is 0 Å². The molecule has 0 N–H and O–H groups in total. The minimum Gasteiger partial charge on any atom is -0.241 e. The molecule has 1 aliphatic carbocycles. The first kappa shape index (κ1) is 12.1. The molecule has 1 nitrogen and oxygen atoms in total. The Labute approximate surface area is 126 Å². The lowest BCUT2D eigenvalue weighted by Crippen LogP contribution is -1.87. The Morgan fingerprint density at radius 2 is 2.00 bits per heavy atom. The first-order valence-electron chi connectivity index (χ1n) is 6.57. The van der Waals surface area contributed by atoms with E-state index in [0.717, 1.165) is 27.7 Å². The predicted octanol–water partition coefficient (Wildman–Crippen LogP) is 5.34. The molecule has 0 radical (unpaired) electrons. The van der Waals surface area contributed by atoms with E-state index in [1.807, 2.05) is 18.2 Å². The van der Waals surface area contributed by atoms with Crippen molar-refractivity contribution in [3.8, 4) is 22.4 Å². The van der Waals surface area contributed by atoms with E-state index in [2.05, 4.69) is 31.2 Å². The normalized spacial score (nSPS) is 12.3.